The van der Waals surface area contributed by atoms with Crippen molar-refractivity contribution < 1.29 is 9.90 Å². The molecule has 1 aromatic rings. The molecule has 104 valence electrons. The summed E-state index contributed by atoms with van der Waals surface area (Å²) in [6.45, 7) is 6.00. The summed E-state index contributed by atoms with van der Waals surface area (Å²) < 4.78 is 0. The molecule has 2 unspecified atom stereocenters. The summed E-state index contributed by atoms with van der Waals surface area (Å²) in [5.41, 5.74) is 2.18. The van der Waals surface area contributed by atoms with Crippen molar-refractivity contribution in [2.24, 2.45) is 10.9 Å². The highest BCUT2D eigenvalue weighted by molar-refractivity contribution is 5.87. The highest BCUT2D eigenvalue weighted by atomic mass is 16.4. The number of rotatable bonds is 7. The predicted octanol–water partition coefficient (Wildman–Crippen LogP) is 3.58. The molecule has 0 aliphatic heterocycles. The summed E-state index contributed by atoms with van der Waals surface area (Å²) >= 11 is 0. The second-order valence-electron chi connectivity index (χ2n) is 5.00. The van der Waals surface area contributed by atoms with Gasteiger partial charge in [0, 0.05) is 5.71 Å². The van der Waals surface area contributed by atoms with Crippen LogP contribution in [-0.4, -0.2) is 22.8 Å². The number of carboxylic acid groups (broad SMARTS) is 1. The first-order valence-corrected chi connectivity index (χ1v) is 6.85. The van der Waals surface area contributed by atoms with Gasteiger partial charge in [0.2, 0.25) is 0 Å². The molecule has 1 rings (SSSR count). The van der Waals surface area contributed by atoms with Crippen LogP contribution in [0, 0.1) is 5.92 Å². The Balaban J connectivity index is 2.69. The van der Waals surface area contributed by atoms with Gasteiger partial charge in [-0.1, -0.05) is 50.6 Å². The maximum atomic E-state index is 11.1. The van der Waals surface area contributed by atoms with Gasteiger partial charge in [-0.25, -0.2) is 4.79 Å². The van der Waals surface area contributed by atoms with Crippen molar-refractivity contribution in [1.29, 1.82) is 0 Å². The second-order valence-corrected chi connectivity index (χ2v) is 5.00. The Kier molecular flexibility index (Phi) is 6.26. The first-order chi connectivity index (χ1) is 9.04. The molecule has 0 fully saturated rings. The molecule has 1 aromatic carbocycles. The Morgan fingerprint density at radius 2 is 1.95 bits per heavy atom. The number of hydrogen-bond acceptors (Lipinski definition) is 2. The summed E-state index contributed by atoms with van der Waals surface area (Å²) in [5, 5.41) is 9.12. The molecule has 0 bridgehead atoms. The fourth-order valence-corrected chi connectivity index (χ4v) is 2.01. The molecule has 2 atom stereocenters. The van der Waals surface area contributed by atoms with Gasteiger partial charge in [-0.05, 0) is 31.2 Å². The molecule has 0 heterocycles. The lowest BCUT2D eigenvalue weighted by Crippen LogP contribution is -2.21. The van der Waals surface area contributed by atoms with Crippen molar-refractivity contribution in [2.45, 2.75) is 46.1 Å². The van der Waals surface area contributed by atoms with Crippen LogP contribution in [0.3, 0.4) is 0 Å². The molecule has 0 aliphatic rings. The lowest BCUT2D eigenvalue weighted by molar-refractivity contribution is -0.138. The molecule has 3 nitrogen and oxygen atoms in total. The normalized spacial score (nSPS) is 15.0. The molecule has 0 saturated heterocycles. The van der Waals surface area contributed by atoms with Crippen molar-refractivity contribution in [2.75, 3.05) is 0 Å². The number of benzene rings is 1. The summed E-state index contributed by atoms with van der Waals surface area (Å²) in [5.74, 6) is -0.561. The Labute approximate surface area is 115 Å². The summed E-state index contributed by atoms with van der Waals surface area (Å²) in [6.07, 6.45) is 2.33. The van der Waals surface area contributed by atoms with Crippen LogP contribution in [0.25, 0.3) is 0 Å². The summed E-state index contributed by atoms with van der Waals surface area (Å²) in [7, 11) is 0. The number of aliphatic imine (C=N–C) groups is 1. The van der Waals surface area contributed by atoms with Crippen LogP contribution in [0.2, 0.25) is 0 Å². The van der Waals surface area contributed by atoms with Crippen LogP contribution >= 0.6 is 0 Å². The number of aliphatic carboxylic acids is 1. The molecule has 0 saturated carbocycles. The molecule has 0 aromatic heterocycles. The average molecular weight is 261 g/mol. The maximum Gasteiger partial charge on any atom is 0.328 e. The number of nitrogens with zero attached hydrogens (tertiary/aromatic N) is 1. The fourth-order valence-electron chi connectivity index (χ4n) is 2.01. The van der Waals surface area contributed by atoms with E-state index in [1.54, 1.807) is 0 Å². The minimum absolute atomic E-state index is 0.265. The van der Waals surface area contributed by atoms with Gasteiger partial charge in [-0.2, -0.15) is 0 Å². The molecule has 19 heavy (non-hydrogen) atoms. The Morgan fingerprint density at radius 3 is 2.47 bits per heavy atom. The van der Waals surface area contributed by atoms with E-state index >= 15 is 0 Å². The minimum Gasteiger partial charge on any atom is -0.480 e. The largest absolute Gasteiger partial charge is 0.480 e. The van der Waals surface area contributed by atoms with E-state index < -0.39 is 12.0 Å². The zero-order chi connectivity index (χ0) is 14.3. The topological polar surface area (TPSA) is 49.7 Å². The molecule has 0 spiro atoms. The van der Waals surface area contributed by atoms with Crippen LogP contribution < -0.4 is 0 Å². The van der Waals surface area contributed by atoms with Crippen molar-refractivity contribution in [3.05, 3.63) is 35.9 Å². The second kappa shape index (κ2) is 7.72. The molecule has 0 amide bonds. The third kappa shape index (κ3) is 5.25. The van der Waals surface area contributed by atoms with E-state index in [1.807, 2.05) is 32.0 Å². The van der Waals surface area contributed by atoms with E-state index in [0.29, 0.717) is 6.42 Å². The Morgan fingerprint density at radius 1 is 1.32 bits per heavy atom. The van der Waals surface area contributed by atoms with E-state index in [2.05, 4.69) is 24.0 Å². The zero-order valence-electron chi connectivity index (χ0n) is 12.0. The number of carboxylic acids is 1. The summed E-state index contributed by atoms with van der Waals surface area (Å²) in [4.78, 5) is 15.5. The molecular weight excluding hydrogens is 238 g/mol. The zero-order valence-corrected chi connectivity index (χ0v) is 12.0. The first kappa shape index (κ1) is 15.4. The first-order valence-electron chi connectivity index (χ1n) is 6.85. The van der Waals surface area contributed by atoms with Gasteiger partial charge < -0.3 is 5.11 Å². The van der Waals surface area contributed by atoms with E-state index in [1.165, 1.54) is 5.56 Å². The maximum absolute atomic E-state index is 11.1. The summed E-state index contributed by atoms with van der Waals surface area (Å²) in [6, 6.07) is 9.62. The van der Waals surface area contributed by atoms with Crippen molar-refractivity contribution in [3.63, 3.8) is 0 Å². The molecule has 1 N–H and O–H groups in total. The molecule has 3 heteroatoms. The Bertz CT molecular complexity index is 426. The van der Waals surface area contributed by atoms with Crippen molar-refractivity contribution >= 4 is 11.7 Å². The lowest BCUT2D eigenvalue weighted by atomic mass is 9.97. The fraction of sp³-hybridized carbons (Fsp3) is 0.500. The van der Waals surface area contributed by atoms with Crippen LogP contribution in [-0.2, 0) is 11.2 Å². The molecule has 0 aliphatic carbocycles. The van der Waals surface area contributed by atoms with Gasteiger partial charge in [0.1, 0.15) is 6.04 Å². The SMILES string of the molecule is CCCC(N=C(C)C(C)Cc1ccccc1)C(=O)O. The highest BCUT2D eigenvalue weighted by Gasteiger charge is 2.16. The van der Waals surface area contributed by atoms with Gasteiger partial charge in [0.15, 0.2) is 0 Å². The predicted molar refractivity (Wildman–Crippen MR) is 78.8 cm³/mol. The minimum atomic E-state index is -0.826. The molecular formula is C16H23NO2. The monoisotopic (exact) mass is 261 g/mol. The van der Waals surface area contributed by atoms with Crippen LogP contribution in [0.5, 0.6) is 0 Å². The third-order valence-corrected chi connectivity index (χ3v) is 3.30. The van der Waals surface area contributed by atoms with Gasteiger partial charge in [0.25, 0.3) is 0 Å². The van der Waals surface area contributed by atoms with Crippen molar-refractivity contribution in [3.8, 4) is 0 Å². The standard InChI is InChI=1S/C16H23NO2/c1-4-8-15(16(18)19)17-13(3)12(2)11-14-9-6-5-7-10-14/h5-7,9-10,12,15H,4,8,11H2,1-3H3,(H,18,19). The van der Waals surface area contributed by atoms with E-state index in [0.717, 1.165) is 18.6 Å². The lowest BCUT2D eigenvalue weighted by Gasteiger charge is -2.14. The van der Waals surface area contributed by atoms with Crippen LogP contribution in [0.4, 0.5) is 0 Å². The van der Waals surface area contributed by atoms with Crippen LogP contribution in [0.1, 0.15) is 39.2 Å². The smallest absolute Gasteiger partial charge is 0.328 e. The Hall–Kier alpha value is -1.64. The average Bonchev–Trinajstić information content (AvgIpc) is 2.39. The van der Waals surface area contributed by atoms with Gasteiger partial charge in [-0.15, -0.1) is 0 Å². The number of carbonyl (C=O) groups is 1. The third-order valence-electron chi connectivity index (χ3n) is 3.30. The number of hydrogen-bond donors (Lipinski definition) is 1. The van der Waals surface area contributed by atoms with Crippen LogP contribution in [0.15, 0.2) is 35.3 Å². The molecule has 0 radical (unpaired) electrons. The van der Waals surface area contributed by atoms with Gasteiger partial charge in [-0.3, -0.25) is 4.99 Å². The van der Waals surface area contributed by atoms with E-state index in [9.17, 15) is 4.79 Å². The quantitative estimate of drug-likeness (QED) is 0.763. The van der Waals surface area contributed by atoms with E-state index in [4.69, 9.17) is 5.11 Å². The highest BCUT2D eigenvalue weighted by Crippen LogP contribution is 2.12. The van der Waals surface area contributed by atoms with Gasteiger partial charge in [0.05, 0.1) is 0 Å². The van der Waals surface area contributed by atoms with E-state index in [-0.39, 0.29) is 5.92 Å². The van der Waals surface area contributed by atoms with Crippen molar-refractivity contribution in [1.82, 2.24) is 0 Å². The van der Waals surface area contributed by atoms with Gasteiger partial charge >= 0.3 is 5.97 Å².